The number of hydrogen-bond donors (Lipinski definition) is 0. The van der Waals surface area contributed by atoms with Crippen LogP contribution in [-0.2, 0) is 20.7 Å². The first-order valence-electron chi connectivity index (χ1n) is 9.52. The van der Waals surface area contributed by atoms with E-state index in [0.29, 0.717) is 12.3 Å². The van der Waals surface area contributed by atoms with Crippen molar-refractivity contribution in [2.75, 3.05) is 11.5 Å². The average Bonchev–Trinajstić information content (AvgIpc) is 2.74. The fourth-order valence-corrected chi connectivity index (χ4v) is 3.70. The molecule has 28 heavy (non-hydrogen) atoms. The van der Waals surface area contributed by atoms with Gasteiger partial charge in [-0.05, 0) is 61.3 Å². The number of benzene rings is 1. The topological polar surface area (TPSA) is 59.5 Å². The molecule has 2 heterocycles. The predicted molar refractivity (Wildman–Crippen MR) is 107 cm³/mol. The number of rotatable bonds is 5. The molecule has 1 unspecified atom stereocenters. The van der Waals surface area contributed by atoms with E-state index in [-0.39, 0.29) is 17.6 Å². The van der Waals surface area contributed by atoms with Crippen LogP contribution in [0.15, 0.2) is 79.2 Å². The number of anilines is 1. The minimum Gasteiger partial charge on any atom is -0.347 e. The number of carbonyl (C=O) groups is 2. The van der Waals surface area contributed by atoms with Crippen LogP contribution in [0.4, 0.5) is 5.69 Å². The summed E-state index contributed by atoms with van der Waals surface area (Å²) in [6, 6.07) is 13.9. The number of aromatic nitrogens is 1. The molecule has 142 valence electrons. The highest BCUT2D eigenvalue weighted by Gasteiger charge is 2.46. The average molecular weight is 374 g/mol. The highest BCUT2D eigenvalue weighted by Crippen LogP contribution is 2.36. The number of ether oxygens (including phenoxy) is 1. The van der Waals surface area contributed by atoms with Gasteiger partial charge in [-0.15, -0.1) is 0 Å². The highest BCUT2D eigenvalue weighted by atomic mass is 16.5. The second-order valence-corrected chi connectivity index (χ2v) is 7.09. The van der Waals surface area contributed by atoms with Crippen LogP contribution in [0.1, 0.15) is 18.4 Å². The van der Waals surface area contributed by atoms with Gasteiger partial charge < -0.3 is 4.74 Å². The Morgan fingerprint density at radius 2 is 1.86 bits per heavy atom. The highest BCUT2D eigenvalue weighted by molar-refractivity contribution is 6.03. The van der Waals surface area contributed by atoms with Gasteiger partial charge >= 0.3 is 0 Å². The summed E-state index contributed by atoms with van der Waals surface area (Å²) < 4.78 is 6.16. The molecule has 1 atom stereocenters. The molecule has 0 N–H and O–H groups in total. The smallest absolute Gasteiger partial charge is 0.235 e. The van der Waals surface area contributed by atoms with E-state index in [1.807, 2.05) is 24.3 Å². The van der Waals surface area contributed by atoms with Gasteiger partial charge in [-0.3, -0.25) is 19.5 Å². The maximum Gasteiger partial charge on any atom is 0.235 e. The van der Waals surface area contributed by atoms with Gasteiger partial charge in [-0.2, -0.15) is 0 Å². The third-order valence-corrected chi connectivity index (χ3v) is 5.17. The van der Waals surface area contributed by atoms with Crippen molar-refractivity contribution >= 4 is 17.4 Å². The van der Waals surface area contributed by atoms with Gasteiger partial charge in [0.2, 0.25) is 5.91 Å². The summed E-state index contributed by atoms with van der Waals surface area (Å²) in [6.07, 6.45) is 12.1. The number of aryl methyl sites for hydroxylation is 1. The minimum absolute atomic E-state index is 0.00374. The molecule has 1 aromatic carbocycles. The molecular weight excluding hydrogens is 352 g/mol. The Labute approximate surface area is 164 Å². The molecule has 2 aliphatic rings. The van der Waals surface area contributed by atoms with Crippen LogP contribution in [-0.4, -0.2) is 29.0 Å². The largest absolute Gasteiger partial charge is 0.347 e. The molecule has 1 spiro atoms. The lowest BCUT2D eigenvalue weighted by atomic mass is 9.93. The molecule has 0 bridgehead atoms. The van der Waals surface area contributed by atoms with E-state index >= 15 is 0 Å². The molecule has 1 aliphatic carbocycles. The molecule has 1 fully saturated rings. The van der Waals surface area contributed by atoms with E-state index in [1.165, 1.54) is 17.7 Å². The number of nitrogens with zero attached hydrogens (tertiary/aromatic N) is 2. The third kappa shape index (κ3) is 3.66. The Hall–Kier alpha value is -3.05. The van der Waals surface area contributed by atoms with E-state index in [0.717, 1.165) is 19.3 Å². The lowest BCUT2D eigenvalue weighted by Crippen LogP contribution is -2.59. The molecule has 0 saturated carbocycles. The van der Waals surface area contributed by atoms with Crippen molar-refractivity contribution in [3.63, 3.8) is 0 Å². The maximum atomic E-state index is 13.4. The summed E-state index contributed by atoms with van der Waals surface area (Å²) in [5.41, 5.74) is 0.858. The fraction of sp³-hybridized carbons (Fsp3) is 0.261. The first-order valence-corrected chi connectivity index (χ1v) is 9.52. The van der Waals surface area contributed by atoms with Gasteiger partial charge in [0.1, 0.15) is 0 Å². The van der Waals surface area contributed by atoms with Gasteiger partial charge in [-0.1, -0.05) is 30.3 Å². The lowest BCUT2D eigenvalue weighted by molar-refractivity contribution is -0.138. The van der Waals surface area contributed by atoms with E-state index in [2.05, 4.69) is 17.1 Å². The van der Waals surface area contributed by atoms with E-state index in [4.69, 9.17) is 4.74 Å². The number of amides is 1. The Kier molecular flexibility index (Phi) is 5.17. The van der Waals surface area contributed by atoms with Crippen LogP contribution in [0.5, 0.6) is 0 Å². The molecule has 5 heteroatoms. The Morgan fingerprint density at radius 3 is 2.57 bits per heavy atom. The predicted octanol–water partition coefficient (Wildman–Crippen LogP) is 3.48. The molecule has 1 aromatic heterocycles. The van der Waals surface area contributed by atoms with Crippen molar-refractivity contribution < 1.29 is 14.3 Å². The Bertz CT molecular complexity index is 890. The fourth-order valence-electron chi connectivity index (χ4n) is 3.70. The molecule has 1 amide bonds. The molecule has 1 saturated heterocycles. The van der Waals surface area contributed by atoms with Gasteiger partial charge in [0.25, 0.3) is 0 Å². The van der Waals surface area contributed by atoms with Gasteiger partial charge in [0.05, 0.1) is 24.4 Å². The van der Waals surface area contributed by atoms with Crippen LogP contribution in [0.3, 0.4) is 0 Å². The van der Waals surface area contributed by atoms with Gasteiger partial charge in [0, 0.05) is 6.20 Å². The van der Waals surface area contributed by atoms with Crippen LogP contribution >= 0.6 is 0 Å². The number of ketones is 1. The van der Waals surface area contributed by atoms with Crippen molar-refractivity contribution in [3.8, 4) is 0 Å². The van der Waals surface area contributed by atoms with Gasteiger partial charge in [0.15, 0.2) is 11.5 Å². The molecule has 5 nitrogen and oxygen atoms in total. The van der Waals surface area contributed by atoms with E-state index in [9.17, 15) is 9.59 Å². The summed E-state index contributed by atoms with van der Waals surface area (Å²) in [5.74, 6) is -0.345. The number of allylic oxidation sites excluding steroid dienone is 2. The first kappa shape index (κ1) is 18.3. The van der Waals surface area contributed by atoms with Crippen LogP contribution in [0.25, 0.3) is 0 Å². The molecule has 1 aliphatic heterocycles. The van der Waals surface area contributed by atoms with Crippen molar-refractivity contribution in [1.82, 2.24) is 4.98 Å². The minimum atomic E-state index is -1.07. The zero-order valence-electron chi connectivity index (χ0n) is 15.5. The first-order chi connectivity index (χ1) is 13.7. The number of carbonyl (C=O) groups excluding carboxylic acids is 2. The third-order valence-electron chi connectivity index (χ3n) is 5.17. The summed E-state index contributed by atoms with van der Waals surface area (Å²) in [6.45, 7) is 0.327. The molecular formula is C23H22N2O3. The normalized spacial score (nSPS) is 20.7. The Balaban J connectivity index is 1.53. The van der Waals surface area contributed by atoms with Crippen LogP contribution in [0.2, 0.25) is 0 Å². The lowest BCUT2D eigenvalue weighted by Gasteiger charge is -2.46. The quantitative estimate of drug-likeness (QED) is 0.804. The monoisotopic (exact) mass is 374 g/mol. The molecule has 2 aromatic rings. The summed E-state index contributed by atoms with van der Waals surface area (Å²) >= 11 is 0. The maximum absolute atomic E-state index is 13.4. The van der Waals surface area contributed by atoms with Crippen molar-refractivity contribution in [3.05, 3.63) is 84.7 Å². The van der Waals surface area contributed by atoms with Gasteiger partial charge in [-0.25, -0.2) is 0 Å². The zero-order chi connectivity index (χ0) is 19.4. The second kappa shape index (κ2) is 7.90. The SMILES string of the molecule is O=C1C=CC2(C=C1)OCC(CCCc1ccccc1)C(=O)N2c1cccnc1. The second-order valence-electron chi connectivity index (χ2n) is 7.09. The summed E-state index contributed by atoms with van der Waals surface area (Å²) in [5, 5.41) is 0. The molecule has 0 radical (unpaired) electrons. The van der Waals surface area contributed by atoms with E-state index < -0.39 is 5.72 Å². The summed E-state index contributed by atoms with van der Waals surface area (Å²) in [7, 11) is 0. The zero-order valence-corrected chi connectivity index (χ0v) is 15.5. The van der Waals surface area contributed by atoms with Crippen LogP contribution in [0, 0.1) is 5.92 Å². The van der Waals surface area contributed by atoms with Crippen LogP contribution < -0.4 is 4.90 Å². The molecule has 4 rings (SSSR count). The standard InChI is InChI=1S/C23H22N2O3/c26-21-11-13-23(14-12-21)25(20-10-5-15-24-16-20)22(27)19(17-28-23)9-4-8-18-6-2-1-3-7-18/h1-3,5-7,10-16,19H,4,8-9,17H2. The van der Waals surface area contributed by atoms with Crippen molar-refractivity contribution in [1.29, 1.82) is 0 Å². The van der Waals surface area contributed by atoms with Crippen molar-refractivity contribution in [2.24, 2.45) is 5.92 Å². The number of hydrogen-bond acceptors (Lipinski definition) is 4. The van der Waals surface area contributed by atoms with Crippen molar-refractivity contribution in [2.45, 2.75) is 25.0 Å². The summed E-state index contributed by atoms with van der Waals surface area (Å²) in [4.78, 5) is 30.8. The Morgan fingerprint density at radius 1 is 1.07 bits per heavy atom. The van der Waals surface area contributed by atoms with E-state index in [1.54, 1.807) is 35.5 Å². The number of pyridine rings is 1.